The molecule has 0 bridgehead atoms. The number of rotatable bonds is 4. The molecule has 26 heavy (non-hydrogen) atoms. The number of likely N-dealkylation sites (tertiary alicyclic amines) is 1. The van der Waals surface area contributed by atoms with Crippen molar-refractivity contribution in [2.75, 3.05) is 33.3 Å². The normalized spacial score (nSPS) is 25.6. The van der Waals surface area contributed by atoms with Gasteiger partial charge in [-0.05, 0) is 23.6 Å². The van der Waals surface area contributed by atoms with E-state index in [1.807, 2.05) is 47.2 Å². The van der Waals surface area contributed by atoms with Crippen LogP contribution in [0.3, 0.4) is 0 Å². The van der Waals surface area contributed by atoms with Crippen LogP contribution in [0.2, 0.25) is 0 Å². The summed E-state index contributed by atoms with van der Waals surface area (Å²) in [7, 11) is 3.63. The molecule has 2 saturated heterocycles. The zero-order valence-corrected chi connectivity index (χ0v) is 15.4. The first-order valence-corrected chi connectivity index (χ1v) is 9.28. The molecule has 0 radical (unpaired) electrons. The molecule has 2 aliphatic heterocycles. The minimum Gasteiger partial charge on any atom is -0.496 e. The number of nitrogens with zero attached hydrogens (tertiary/aromatic N) is 3. The third-order valence-electron chi connectivity index (χ3n) is 5.76. The Balaban J connectivity index is 1.47. The van der Waals surface area contributed by atoms with Crippen LogP contribution in [-0.4, -0.2) is 53.9 Å². The highest BCUT2D eigenvalue weighted by Gasteiger charge is 2.39. The molecule has 1 unspecified atom stereocenters. The summed E-state index contributed by atoms with van der Waals surface area (Å²) < 4.78 is 7.32. The van der Waals surface area contributed by atoms with E-state index in [1.165, 1.54) is 5.56 Å². The van der Waals surface area contributed by atoms with Crippen LogP contribution in [-0.2, 0) is 11.8 Å². The van der Waals surface area contributed by atoms with Crippen molar-refractivity contribution in [3.05, 3.63) is 47.8 Å². The number of aryl methyl sites for hydroxylation is 1. The molecule has 1 N–H and O–H groups in total. The molecule has 6 nitrogen and oxygen atoms in total. The number of amides is 1. The summed E-state index contributed by atoms with van der Waals surface area (Å²) in [5.41, 5.74) is 2.36. The molecule has 1 aromatic carbocycles. The summed E-state index contributed by atoms with van der Waals surface area (Å²) in [6, 6.07) is 8.15. The molecule has 2 aromatic rings. The second-order valence-corrected chi connectivity index (χ2v) is 7.33. The maximum atomic E-state index is 13.2. The van der Waals surface area contributed by atoms with Crippen molar-refractivity contribution < 1.29 is 9.53 Å². The summed E-state index contributed by atoms with van der Waals surface area (Å²) in [5.74, 6) is 1.74. The maximum Gasteiger partial charge on any atom is 0.227 e. The fraction of sp³-hybridized carbons (Fsp3) is 0.500. The number of nitrogens with one attached hydrogen (secondary N) is 1. The van der Waals surface area contributed by atoms with Crippen LogP contribution in [0.4, 0.5) is 0 Å². The van der Waals surface area contributed by atoms with Crippen LogP contribution >= 0.6 is 0 Å². The molecule has 2 fully saturated rings. The Morgan fingerprint density at radius 1 is 1.31 bits per heavy atom. The van der Waals surface area contributed by atoms with Crippen LogP contribution in [0.1, 0.15) is 29.4 Å². The molecule has 3 atom stereocenters. The van der Waals surface area contributed by atoms with E-state index in [0.29, 0.717) is 5.92 Å². The van der Waals surface area contributed by atoms with Crippen LogP contribution < -0.4 is 10.1 Å². The number of hydrogen-bond donors (Lipinski definition) is 1. The van der Waals surface area contributed by atoms with Crippen LogP contribution in [0, 0.1) is 5.92 Å². The van der Waals surface area contributed by atoms with Gasteiger partial charge in [-0.2, -0.15) is 5.10 Å². The lowest BCUT2D eigenvalue weighted by Crippen LogP contribution is -2.37. The molecule has 0 aliphatic carbocycles. The molecule has 1 amide bonds. The lowest BCUT2D eigenvalue weighted by atomic mass is 9.90. The fourth-order valence-electron chi connectivity index (χ4n) is 4.37. The van der Waals surface area contributed by atoms with Gasteiger partial charge in [0.1, 0.15) is 5.75 Å². The predicted octanol–water partition coefficient (Wildman–Crippen LogP) is 1.75. The van der Waals surface area contributed by atoms with Gasteiger partial charge in [-0.1, -0.05) is 18.2 Å². The molecule has 3 heterocycles. The molecular formula is C20H26N4O2. The highest BCUT2D eigenvalue weighted by atomic mass is 16.5. The summed E-state index contributed by atoms with van der Waals surface area (Å²) in [4.78, 5) is 15.2. The number of carbonyl (C=O) groups excluding carboxylic acids is 1. The van der Waals surface area contributed by atoms with E-state index in [9.17, 15) is 4.79 Å². The number of aromatic nitrogens is 2. The molecule has 6 heteroatoms. The molecule has 138 valence electrons. The van der Waals surface area contributed by atoms with Gasteiger partial charge in [-0.15, -0.1) is 0 Å². The molecule has 2 aliphatic rings. The Hall–Kier alpha value is -2.34. The van der Waals surface area contributed by atoms with Crippen molar-refractivity contribution in [3.63, 3.8) is 0 Å². The van der Waals surface area contributed by atoms with Gasteiger partial charge in [0.15, 0.2) is 0 Å². The summed E-state index contributed by atoms with van der Waals surface area (Å²) in [6.45, 7) is 3.17. The van der Waals surface area contributed by atoms with E-state index in [-0.39, 0.29) is 17.7 Å². The smallest absolute Gasteiger partial charge is 0.227 e. The number of benzene rings is 1. The molecule has 4 rings (SSSR count). The Morgan fingerprint density at radius 2 is 2.15 bits per heavy atom. The largest absolute Gasteiger partial charge is 0.496 e. The van der Waals surface area contributed by atoms with E-state index in [0.717, 1.165) is 43.9 Å². The minimum absolute atomic E-state index is 0.00406. The van der Waals surface area contributed by atoms with Crippen molar-refractivity contribution >= 4 is 5.91 Å². The number of carbonyl (C=O) groups is 1. The van der Waals surface area contributed by atoms with E-state index in [1.54, 1.807) is 7.11 Å². The highest BCUT2D eigenvalue weighted by molar-refractivity contribution is 5.81. The van der Waals surface area contributed by atoms with Gasteiger partial charge in [0.05, 0.1) is 19.2 Å². The van der Waals surface area contributed by atoms with E-state index in [4.69, 9.17) is 4.74 Å². The monoisotopic (exact) mass is 354 g/mol. The topological polar surface area (TPSA) is 59.4 Å². The lowest BCUT2D eigenvalue weighted by molar-refractivity contribution is -0.134. The van der Waals surface area contributed by atoms with Gasteiger partial charge < -0.3 is 15.0 Å². The quantitative estimate of drug-likeness (QED) is 0.909. The van der Waals surface area contributed by atoms with Gasteiger partial charge in [0, 0.05) is 51.3 Å². The first kappa shape index (κ1) is 17.1. The Kier molecular flexibility index (Phi) is 4.68. The summed E-state index contributed by atoms with van der Waals surface area (Å²) in [6.07, 6.45) is 4.91. The molecular weight excluding hydrogens is 328 g/mol. The van der Waals surface area contributed by atoms with Crippen molar-refractivity contribution in [2.24, 2.45) is 13.0 Å². The minimum atomic E-state index is -0.00406. The van der Waals surface area contributed by atoms with Gasteiger partial charge in [0.2, 0.25) is 5.91 Å². The maximum absolute atomic E-state index is 13.2. The zero-order chi connectivity index (χ0) is 18.1. The molecule has 0 saturated carbocycles. The lowest BCUT2D eigenvalue weighted by Gasteiger charge is -2.24. The fourth-order valence-corrected chi connectivity index (χ4v) is 4.37. The van der Waals surface area contributed by atoms with Crippen LogP contribution in [0.25, 0.3) is 0 Å². The van der Waals surface area contributed by atoms with Gasteiger partial charge >= 0.3 is 0 Å². The number of ether oxygens (including phenoxy) is 1. The Bertz CT molecular complexity index is 788. The predicted molar refractivity (Wildman–Crippen MR) is 99.2 cm³/mol. The zero-order valence-electron chi connectivity index (χ0n) is 15.4. The summed E-state index contributed by atoms with van der Waals surface area (Å²) in [5, 5.41) is 7.66. The highest BCUT2D eigenvalue weighted by Crippen LogP contribution is 2.36. The summed E-state index contributed by atoms with van der Waals surface area (Å²) >= 11 is 0. The Morgan fingerprint density at radius 3 is 2.92 bits per heavy atom. The van der Waals surface area contributed by atoms with Crippen molar-refractivity contribution in [1.82, 2.24) is 20.0 Å². The Labute approximate surface area is 154 Å². The average Bonchev–Trinajstić information content (AvgIpc) is 3.41. The second-order valence-electron chi connectivity index (χ2n) is 7.33. The standard InChI is InChI=1S/C20H26N4O2/c1-23-12-15(9-22-23)17-10-21-11-18(17)20(25)24-8-7-14(13-24)16-5-3-4-6-19(16)26-2/h3-6,9,12,14,17-18,21H,7-8,10-11,13H2,1-2H3/t14?,17-,18+/m1/s1. The third-order valence-corrected chi connectivity index (χ3v) is 5.76. The SMILES string of the molecule is COc1ccccc1C1CCN(C(=O)[C@H]2CNC[C@@H]2c2cnn(C)c2)C1. The van der Waals surface area contributed by atoms with Gasteiger partial charge in [0.25, 0.3) is 0 Å². The van der Waals surface area contributed by atoms with E-state index < -0.39 is 0 Å². The third kappa shape index (κ3) is 3.09. The van der Waals surface area contributed by atoms with Crippen molar-refractivity contribution in [2.45, 2.75) is 18.3 Å². The number of hydrogen-bond acceptors (Lipinski definition) is 4. The van der Waals surface area contributed by atoms with Crippen molar-refractivity contribution in [1.29, 1.82) is 0 Å². The van der Waals surface area contributed by atoms with E-state index in [2.05, 4.69) is 16.5 Å². The number of methoxy groups -OCH3 is 1. The molecule has 1 aromatic heterocycles. The second kappa shape index (κ2) is 7.11. The van der Waals surface area contributed by atoms with E-state index >= 15 is 0 Å². The van der Waals surface area contributed by atoms with Gasteiger partial charge in [-0.3, -0.25) is 9.48 Å². The van der Waals surface area contributed by atoms with Crippen LogP contribution in [0.15, 0.2) is 36.7 Å². The number of para-hydroxylation sites is 1. The van der Waals surface area contributed by atoms with Crippen LogP contribution in [0.5, 0.6) is 5.75 Å². The van der Waals surface area contributed by atoms with Gasteiger partial charge in [-0.25, -0.2) is 0 Å². The first-order chi connectivity index (χ1) is 12.7. The average molecular weight is 354 g/mol. The first-order valence-electron chi connectivity index (χ1n) is 9.28. The van der Waals surface area contributed by atoms with Crippen molar-refractivity contribution in [3.8, 4) is 5.75 Å². The molecule has 0 spiro atoms.